The Morgan fingerprint density at radius 1 is 1.33 bits per heavy atom. The van der Waals surface area contributed by atoms with Gasteiger partial charge in [-0.3, -0.25) is 0 Å². The van der Waals surface area contributed by atoms with E-state index in [9.17, 15) is 0 Å². The van der Waals surface area contributed by atoms with Crippen molar-refractivity contribution in [2.45, 2.75) is 44.4 Å². The fourth-order valence-electron chi connectivity index (χ4n) is 3.16. The summed E-state index contributed by atoms with van der Waals surface area (Å²) in [6, 6.07) is 8.86. The number of benzene rings is 1. The molecule has 3 rings (SSSR count). The molecule has 0 saturated carbocycles. The second kappa shape index (κ2) is 4.90. The third-order valence-electron chi connectivity index (χ3n) is 4.01. The Kier molecular flexibility index (Phi) is 3.27. The number of hydrogen-bond acceptors (Lipinski definition) is 3. The molecule has 0 radical (unpaired) electrons. The van der Waals surface area contributed by atoms with Crippen LogP contribution in [-0.2, 0) is 11.2 Å². The molecular formula is C15H22N2O. The minimum atomic E-state index is 0.249. The standard InChI is InChI=1S/C15H22N2O/c1-11-6-7-14(18-11)10-17-9-13(16)8-12-4-2-3-5-15(12)17/h2-5,11,13-14H,6-10,16H2,1H3. The van der Waals surface area contributed by atoms with Crippen molar-refractivity contribution in [3.05, 3.63) is 29.8 Å². The Labute approximate surface area is 109 Å². The lowest BCUT2D eigenvalue weighted by atomic mass is 9.98. The van der Waals surface area contributed by atoms with Crippen LogP contribution in [-0.4, -0.2) is 31.3 Å². The minimum absolute atomic E-state index is 0.249. The van der Waals surface area contributed by atoms with Crippen LogP contribution >= 0.6 is 0 Å². The maximum absolute atomic E-state index is 6.16. The Hall–Kier alpha value is -1.06. The van der Waals surface area contributed by atoms with Gasteiger partial charge in [-0.05, 0) is 37.8 Å². The van der Waals surface area contributed by atoms with Gasteiger partial charge in [0.25, 0.3) is 0 Å². The molecule has 3 atom stereocenters. The van der Waals surface area contributed by atoms with E-state index in [1.165, 1.54) is 24.1 Å². The fraction of sp³-hybridized carbons (Fsp3) is 0.600. The highest BCUT2D eigenvalue weighted by atomic mass is 16.5. The van der Waals surface area contributed by atoms with Gasteiger partial charge in [0.15, 0.2) is 0 Å². The predicted octanol–water partition coefficient (Wildman–Crippen LogP) is 1.94. The highest BCUT2D eigenvalue weighted by Crippen LogP contribution is 2.28. The van der Waals surface area contributed by atoms with Crippen LogP contribution in [0.2, 0.25) is 0 Å². The van der Waals surface area contributed by atoms with E-state index in [0.29, 0.717) is 12.2 Å². The van der Waals surface area contributed by atoms with E-state index in [2.05, 4.69) is 36.1 Å². The summed E-state index contributed by atoms with van der Waals surface area (Å²) in [7, 11) is 0. The highest BCUT2D eigenvalue weighted by molar-refractivity contribution is 5.56. The molecule has 0 spiro atoms. The van der Waals surface area contributed by atoms with E-state index in [4.69, 9.17) is 10.5 Å². The van der Waals surface area contributed by atoms with Crippen molar-refractivity contribution in [1.82, 2.24) is 0 Å². The number of ether oxygens (including phenoxy) is 1. The Morgan fingerprint density at radius 2 is 2.17 bits per heavy atom. The summed E-state index contributed by atoms with van der Waals surface area (Å²) in [5.41, 5.74) is 8.89. The number of nitrogens with two attached hydrogens (primary N) is 1. The highest BCUT2D eigenvalue weighted by Gasteiger charge is 2.28. The van der Waals surface area contributed by atoms with Crippen LogP contribution < -0.4 is 10.6 Å². The molecule has 3 heteroatoms. The SMILES string of the molecule is CC1CCC(CN2CC(N)Cc3ccccc32)O1. The van der Waals surface area contributed by atoms with Crippen LogP contribution in [0.5, 0.6) is 0 Å². The van der Waals surface area contributed by atoms with Crippen molar-refractivity contribution in [2.24, 2.45) is 5.73 Å². The average Bonchev–Trinajstić information content (AvgIpc) is 2.74. The van der Waals surface area contributed by atoms with E-state index in [1.54, 1.807) is 0 Å². The molecule has 1 aromatic rings. The number of para-hydroxylation sites is 1. The van der Waals surface area contributed by atoms with Crippen LogP contribution in [0.25, 0.3) is 0 Å². The Morgan fingerprint density at radius 3 is 2.94 bits per heavy atom. The molecule has 1 aromatic carbocycles. The summed E-state index contributed by atoms with van der Waals surface area (Å²) in [5, 5.41) is 0. The molecular weight excluding hydrogens is 224 g/mol. The zero-order chi connectivity index (χ0) is 12.5. The molecule has 1 fully saturated rings. The topological polar surface area (TPSA) is 38.5 Å². The number of anilines is 1. The molecule has 3 nitrogen and oxygen atoms in total. The molecule has 2 N–H and O–H groups in total. The van der Waals surface area contributed by atoms with Crippen LogP contribution in [0.3, 0.4) is 0 Å². The van der Waals surface area contributed by atoms with Gasteiger partial charge in [-0.2, -0.15) is 0 Å². The monoisotopic (exact) mass is 246 g/mol. The van der Waals surface area contributed by atoms with Gasteiger partial charge >= 0.3 is 0 Å². The summed E-state index contributed by atoms with van der Waals surface area (Å²) < 4.78 is 5.93. The summed E-state index contributed by atoms with van der Waals surface area (Å²) >= 11 is 0. The smallest absolute Gasteiger partial charge is 0.0754 e. The van der Waals surface area contributed by atoms with Gasteiger partial charge in [-0.25, -0.2) is 0 Å². The second-order valence-corrected chi connectivity index (χ2v) is 5.64. The summed E-state index contributed by atoms with van der Waals surface area (Å²) in [5.74, 6) is 0. The van der Waals surface area contributed by atoms with E-state index >= 15 is 0 Å². The lowest BCUT2D eigenvalue weighted by Gasteiger charge is -2.36. The van der Waals surface area contributed by atoms with Crippen LogP contribution in [0.15, 0.2) is 24.3 Å². The van der Waals surface area contributed by atoms with Crippen molar-refractivity contribution in [1.29, 1.82) is 0 Å². The maximum Gasteiger partial charge on any atom is 0.0754 e. The van der Waals surface area contributed by atoms with Crippen LogP contribution in [0, 0.1) is 0 Å². The van der Waals surface area contributed by atoms with E-state index in [0.717, 1.165) is 19.5 Å². The van der Waals surface area contributed by atoms with E-state index in [1.807, 2.05) is 0 Å². The molecule has 2 aliphatic rings. The normalized spacial score (nSPS) is 31.4. The number of hydrogen-bond donors (Lipinski definition) is 1. The van der Waals surface area contributed by atoms with Gasteiger partial charge in [-0.15, -0.1) is 0 Å². The van der Waals surface area contributed by atoms with E-state index < -0.39 is 0 Å². The summed E-state index contributed by atoms with van der Waals surface area (Å²) in [6.45, 7) is 4.09. The van der Waals surface area contributed by atoms with Crippen molar-refractivity contribution in [3.8, 4) is 0 Å². The van der Waals surface area contributed by atoms with E-state index in [-0.39, 0.29) is 6.04 Å². The third kappa shape index (κ3) is 2.38. The first-order chi connectivity index (χ1) is 8.72. The molecule has 0 aliphatic carbocycles. The molecule has 18 heavy (non-hydrogen) atoms. The minimum Gasteiger partial charge on any atom is -0.373 e. The van der Waals surface area contributed by atoms with Gasteiger partial charge in [0, 0.05) is 24.8 Å². The molecule has 0 aromatic heterocycles. The first kappa shape index (κ1) is 12.0. The average molecular weight is 246 g/mol. The number of nitrogens with zero attached hydrogens (tertiary/aromatic N) is 1. The maximum atomic E-state index is 6.16. The summed E-state index contributed by atoms with van der Waals surface area (Å²) in [6.07, 6.45) is 4.15. The lowest BCUT2D eigenvalue weighted by molar-refractivity contribution is 0.0597. The quantitative estimate of drug-likeness (QED) is 0.866. The molecule has 3 unspecified atom stereocenters. The van der Waals surface area contributed by atoms with Crippen molar-refractivity contribution in [2.75, 3.05) is 18.0 Å². The van der Waals surface area contributed by atoms with Gasteiger partial charge in [-0.1, -0.05) is 18.2 Å². The molecule has 1 saturated heterocycles. The zero-order valence-corrected chi connectivity index (χ0v) is 11.0. The summed E-state index contributed by atoms with van der Waals surface area (Å²) in [4.78, 5) is 2.41. The molecule has 98 valence electrons. The van der Waals surface area contributed by atoms with Crippen molar-refractivity contribution >= 4 is 5.69 Å². The van der Waals surface area contributed by atoms with Gasteiger partial charge in [0.05, 0.1) is 12.2 Å². The molecule has 2 heterocycles. The van der Waals surface area contributed by atoms with Crippen LogP contribution in [0.4, 0.5) is 5.69 Å². The Balaban J connectivity index is 1.76. The van der Waals surface area contributed by atoms with Gasteiger partial charge in [0.1, 0.15) is 0 Å². The fourth-order valence-corrected chi connectivity index (χ4v) is 3.16. The molecule has 0 bridgehead atoms. The van der Waals surface area contributed by atoms with Crippen molar-refractivity contribution in [3.63, 3.8) is 0 Å². The largest absolute Gasteiger partial charge is 0.373 e. The molecule has 2 aliphatic heterocycles. The number of rotatable bonds is 2. The molecule has 0 amide bonds. The van der Waals surface area contributed by atoms with Gasteiger partial charge < -0.3 is 15.4 Å². The predicted molar refractivity (Wildman–Crippen MR) is 73.9 cm³/mol. The third-order valence-corrected chi connectivity index (χ3v) is 4.01. The first-order valence-electron chi connectivity index (χ1n) is 6.96. The number of fused-ring (bicyclic) bond motifs is 1. The van der Waals surface area contributed by atoms with Gasteiger partial charge in [0.2, 0.25) is 0 Å². The Bertz CT molecular complexity index is 421. The first-order valence-corrected chi connectivity index (χ1v) is 6.96. The zero-order valence-electron chi connectivity index (χ0n) is 11.0. The second-order valence-electron chi connectivity index (χ2n) is 5.64. The lowest BCUT2D eigenvalue weighted by Crippen LogP contribution is -2.46. The van der Waals surface area contributed by atoms with Crippen LogP contribution in [0.1, 0.15) is 25.3 Å². The van der Waals surface area contributed by atoms with Crippen molar-refractivity contribution < 1.29 is 4.74 Å².